The number of aryl methyl sites for hydroxylation is 1. The fourth-order valence-electron chi connectivity index (χ4n) is 1.17. The third-order valence-corrected chi connectivity index (χ3v) is 2.14. The summed E-state index contributed by atoms with van der Waals surface area (Å²) in [6, 6.07) is 6.50. The van der Waals surface area contributed by atoms with Crippen LogP contribution in [0.25, 0.3) is 0 Å². The van der Waals surface area contributed by atoms with Gasteiger partial charge in [-0.3, -0.25) is 9.78 Å². The second-order valence-corrected chi connectivity index (χ2v) is 3.55. The second-order valence-electron chi connectivity index (χ2n) is 3.55. The van der Waals surface area contributed by atoms with Crippen molar-refractivity contribution in [1.82, 2.24) is 15.2 Å². The normalized spacial score (nSPS) is 10.7. The lowest BCUT2D eigenvalue weighted by Gasteiger charge is -1.98. The number of rotatable bonds is 3. The lowest BCUT2D eigenvalue weighted by atomic mass is 10.2. The van der Waals surface area contributed by atoms with Crippen molar-refractivity contribution in [3.63, 3.8) is 0 Å². The molecule has 1 aromatic carbocycles. The fourth-order valence-corrected chi connectivity index (χ4v) is 1.17. The zero-order valence-electron chi connectivity index (χ0n) is 9.58. The second kappa shape index (κ2) is 5.09. The van der Waals surface area contributed by atoms with Gasteiger partial charge in [-0.15, -0.1) is 10.2 Å². The molecule has 0 spiro atoms. The summed E-state index contributed by atoms with van der Waals surface area (Å²) in [5, 5.41) is 20.3. The summed E-state index contributed by atoms with van der Waals surface area (Å²) in [4.78, 5) is 13.7. The summed E-state index contributed by atoms with van der Waals surface area (Å²) in [5.74, 6) is 0.356. The Morgan fingerprint density at radius 1 is 1.33 bits per heavy atom. The number of hydrogen-bond acceptors (Lipinski definition) is 6. The number of aromatic amines is 1. The van der Waals surface area contributed by atoms with E-state index >= 15 is 0 Å². The Bertz CT molecular complexity index is 618. The van der Waals surface area contributed by atoms with E-state index in [0.717, 1.165) is 5.56 Å². The monoisotopic (exact) mass is 245 g/mol. The SMILES string of the molecule is Cc1nnc(N/N=C/c2ccc(O)cc2)[nH]c1=O. The zero-order chi connectivity index (χ0) is 13.0. The number of aromatic nitrogens is 3. The summed E-state index contributed by atoms with van der Waals surface area (Å²) < 4.78 is 0. The molecular weight excluding hydrogens is 234 g/mol. The van der Waals surface area contributed by atoms with Crippen LogP contribution in [0.5, 0.6) is 5.75 Å². The molecule has 0 saturated carbocycles. The van der Waals surface area contributed by atoms with Gasteiger partial charge >= 0.3 is 0 Å². The molecule has 0 saturated heterocycles. The molecule has 0 aliphatic carbocycles. The molecule has 0 radical (unpaired) electrons. The van der Waals surface area contributed by atoms with Crippen LogP contribution < -0.4 is 11.0 Å². The first-order valence-electron chi connectivity index (χ1n) is 5.17. The van der Waals surface area contributed by atoms with E-state index in [9.17, 15) is 4.79 Å². The predicted octanol–water partition coefficient (Wildman–Crippen LogP) is 0.625. The molecule has 1 heterocycles. The molecule has 0 aliphatic rings. The molecule has 0 unspecified atom stereocenters. The average Bonchev–Trinajstić information content (AvgIpc) is 2.36. The molecule has 0 fully saturated rings. The number of nitrogens with zero attached hydrogens (tertiary/aromatic N) is 3. The van der Waals surface area contributed by atoms with E-state index < -0.39 is 0 Å². The van der Waals surface area contributed by atoms with E-state index in [0.29, 0.717) is 5.69 Å². The first kappa shape index (κ1) is 11.8. The Morgan fingerprint density at radius 2 is 2.06 bits per heavy atom. The topological polar surface area (TPSA) is 103 Å². The molecule has 7 nitrogen and oxygen atoms in total. The van der Waals surface area contributed by atoms with Gasteiger partial charge in [-0.2, -0.15) is 5.10 Å². The van der Waals surface area contributed by atoms with E-state index in [2.05, 4.69) is 25.7 Å². The summed E-state index contributed by atoms with van der Waals surface area (Å²) >= 11 is 0. The van der Waals surface area contributed by atoms with Gasteiger partial charge in [0.25, 0.3) is 5.56 Å². The molecule has 0 atom stereocenters. The zero-order valence-corrected chi connectivity index (χ0v) is 9.58. The molecule has 0 amide bonds. The number of H-pyrrole nitrogens is 1. The Kier molecular flexibility index (Phi) is 3.33. The molecule has 0 aliphatic heterocycles. The van der Waals surface area contributed by atoms with Crippen LogP contribution in [0.3, 0.4) is 0 Å². The summed E-state index contributed by atoms with van der Waals surface area (Å²) in [6.45, 7) is 1.56. The predicted molar refractivity (Wildman–Crippen MR) is 66.7 cm³/mol. The highest BCUT2D eigenvalue weighted by atomic mass is 16.3. The number of phenolic OH excluding ortho intramolecular Hbond substituents is 1. The maximum absolute atomic E-state index is 11.2. The van der Waals surface area contributed by atoms with Crippen molar-refractivity contribution in [3.8, 4) is 5.75 Å². The molecular formula is C11H11N5O2. The molecule has 7 heteroatoms. The van der Waals surface area contributed by atoms with E-state index in [4.69, 9.17) is 5.11 Å². The van der Waals surface area contributed by atoms with Crippen LogP contribution in [0.4, 0.5) is 5.95 Å². The average molecular weight is 245 g/mol. The molecule has 0 bridgehead atoms. The maximum Gasteiger partial charge on any atom is 0.274 e. The summed E-state index contributed by atoms with van der Waals surface area (Å²) in [6.07, 6.45) is 1.53. The molecule has 92 valence electrons. The van der Waals surface area contributed by atoms with Crippen LogP contribution in [-0.2, 0) is 0 Å². The molecule has 18 heavy (non-hydrogen) atoms. The van der Waals surface area contributed by atoms with Crippen LogP contribution in [0.1, 0.15) is 11.3 Å². The van der Waals surface area contributed by atoms with E-state index in [1.807, 2.05) is 0 Å². The molecule has 1 aromatic heterocycles. The maximum atomic E-state index is 11.2. The molecule has 3 N–H and O–H groups in total. The number of phenols is 1. The number of anilines is 1. The standard InChI is InChI=1S/C11H11N5O2/c1-7-10(18)13-11(16-14-7)15-12-6-8-2-4-9(17)5-3-8/h2-6,17H,1H3,(H2,13,15,16,18)/b12-6+. The number of hydrazone groups is 1. The van der Waals surface area contributed by atoms with Crippen LogP contribution >= 0.6 is 0 Å². The number of aromatic hydroxyl groups is 1. The van der Waals surface area contributed by atoms with Crippen LogP contribution in [-0.4, -0.2) is 26.5 Å². The summed E-state index contributed by atoms with van der Waals surface area (Å²) in [5.41, 5.74) is 3.33. The highest BCUT2D eigenvalue weighted by Gasteiger charge is 1.97. The Balaban J connectivity index is 2.04. The van der Waals surface area contributed by atoms with Crippen LogP contribution in [0.2, 0.25) is 0 Å². The van der Waals surface area contributed by atoms with Gasteiger partial charge in [0, 0.05) is 0 Å². The Morgan fingerprint density at radius 3 is 2.72 bits per heavy atom. The minimum absolute atomic E-state index is 0.167. The van der Waals surface area contributed by atoms with Gasteiger partial charge in [0.05, 0.1) is 6.21 Å². The van der Waals surface area contributed by atoms with Gasteiger partial charge in [-0.25, -0.2) is 5.43 Å². The van der Waals surface area contributed by atoms with E-state index in [1.165, 1.54) is 6.21 Å². The van der Waals surface area contributed by atoms with Gasteiger partial charge in [0.2, 0.25) is 5.95 Å². The van der Waals surface area contributed by atoms with Gasteiger partial charge in [0.15, 0.2) is 0 Å². The number of nitrogens with one attached hydrogen (secondary N) is 2. The fraction of sp³-hybridized carbons (Fsp3) is 0.0909. The number of benzene rings is 1. The minimum Gasteiger partial charge on any atom is -0.508 e. The Labute approximate surface area is 102 Å². The lowest BCUT2D eigenvalue weighted by molar-refractivity contribution is 0.475. The minimum atomic E-state index is -0.313. The molecule has 2 aromatic rings. The van der Waals surface area contributed by atoms with Crippen LogP contribution in [0, 0.1) is 6.92 Å². The smallest absolute Gasteiger partial charge is 0.274 e. The van der Waals surface area contributed by atoms with Gasteiger partial charge in [-0.05, 0) is 36.8 Å². The van der Waals surface area contributed by atoms with Gasteiger partial charge in [-0.1, -0.05) is 0 Å². The largest absolute Gasteiger partial charge is 0.508 e. The van der Waals surface area contributed by atoms with Crippen molar-refractivity contribution in [3.05, 3.63) is 45.9 Å². The molecule has 2 rings (SSSR count). The van der Waals surface area contributed by atoms with E-state index in [-0.39, 0.29) is 17.3 Å². The first-order valence-corrected chi connectivity index (χ1v) is 5.17. The van der Waals surface area contributed by atoms with Crippen molar-refractivity contribution in [2.75, 3.05) is 5.43 Å². The quantitative estimate of drug-likeness (QED) is 0.543. The van der Waals surface area contributed by atoms with Crippen molar-refractivity contribution >= 4 is 12.2 Å². The summed E-state index contributed by atoms with van der Waals surface area (Å²) in [7, 11) is 0. The third kappa shape index (κ3) is 2.91. The van der Waals surface area contributed by atoms with Crippen molar-refractivity contribution < 1.29 is 5.11 Å². The van der Waals surface area contributed by atoms with E-state index in [1.54, 1.807) is 31.2 Å². The van der Waals surface area contributed by atoms with Crippen molar-refractivity contribution in [1.29, 1.82) is 0 Å². The van der Waals surface area contributed by atoms with Crippen molar-refractivity contribution in [2.24, 2.45) is 5.10 Å². The van der Waals surface area contributed by atoms with Gasteiger partial charge in [0.1, 0.15) is 11.4 Å². The first-order chi connectivity index (χ1) is 8.65. The van der Waals surface area contributed by atoms with Crippen molar-refractivity contribution in [2.45, 2.75) is 6.92 Å². The Hall–Kier alpha value is -2.70. The number of hydrogen-bond donors (Lipinski definition) is 3. The highest BCUT2D eigenvalue weighted by Crippen LogP contribution is 2.07. The highest BCUT2D eigenvalue weighted by molar-refractivity contribution is 5.80. The van der Waals surface area contributed by atoms with Gasteiger partial charge < -0.3 is 5.11 Å². The van der Waals surface area contributed by atoms with Crippen LogP contribution in [0.15, 0.2) is 34.2 Å². The lowest BCUT2D eigenvalue weighted by Crippen LogP contribution is -2.15. The third-order valence-electron chi connectivity index (χ3n) is 2.14.